The smallest absolute Gasteiger partial charge is 0.324 e. The van der Waals surface area contributed by atoms with Crippen LogP contribution in [0.25, 0.3) is 0 Å². The summed E-state index contributed by atoms with van der Waals surface area (Å²) in [5, 5.41) is 18.1. The first-order valence-corrected chi connectivity index (χ1v) is 5.53. The molecular formula is C12H18N2O2. The highest BCUT2D eigenvalue weighted by atomic mass is 16.5. The van der Waals surface area contributed by atoms with Crippen molar-refractivity contribution in [1.82, 2.24) is 0 Å². The molecule has 16 heavy (non-hydrogen) atoms. The van der Waals surface area contributed by atoms with Crippen molar-refractivity contribution in [3.8, 4) is 12.1 Å². The van der Waals surface area contributed by atoms with Crippen LogP contribution in [-0.4, -0.2) is 12.6 Å². The van der Waals surface area contributed by atoms with Crippen molar-refractivity contribution in [3.05, 3.63) is 0 Å². The molecule has 2 unspecified atom stereocenters. The second kappa shape index (κ2) is 6.85. The van der Waals surface area contributed by atoms with Crippen molar-refractivity contribution in [1.29, 1.82) is 10.5 Å². The maximum Gasteiger partial charge on any atom is 0.324 e. The van der Waals surface area contributed by atoms with E-state index in [1.807, 2.05) is 13.0 Å². The maximum atomic E-state index is 11.5. The average Bonchev–Trinajstić information content (AvgIpc) is 2.27. The van der Waals surface area contributed by atoms with E-state index in [0.29, 0.717) is 6.42 Å². The summed E-state index contributed by atoms with van der Waals surface area (Å²) in [5.74, 6) is -1.59. The van der Waals surface area contributed by atoms with Crippen LogP contribution < -0.4 is 0 Å². The summed E-state index contributed by atoms with van der Waals surface area (Å²) in [6.07, 6.45) is 2.29. The number of hydrogen-bond donors (Lipinski definition) is 0. The van der Waals surface area contributed by atoms with Gasteiger partial charge in [0, 0.05) is 0 Å². The maximum absolute atomic E-state index is 11.5. The van der Waals surface area contributed by atoms with Gasteiger partial charge in [-0.15, -0.1) is 0 Å². The highest BCUT2D eigenvalue weighted by Crippen LogP contribution is 2.33. The van der Waals surface area contributed by atoms with Crippen molar-refractivity contribution in [3.63, 3.8) is 0 Å². The Morgan fingerprint density at radius 2 is 2.06 bits per heavy atom. The predicted molar refractivity (Wildman–Crippen MR) is 59.0 cm³/mol. The molecule has 0 saturated heterocycles. The lowest BCUT2D eigenvalue weighted by molar-refractivity contribution is -0.148. The number of rotatable bonds is 6. The summed E-state index contributed by atoms with van der Waals surface area (Å²) >= 11 is 0. The Bertz CT molecular complexity index is 314. The fourth-order valence-corrected chi connectivity index (χ4v) is 1.49. The molecule has 0 bridgehead atoms. The van der Waals surface area contributed by atoms with Gasteiger partial charge in [-0.2, -0.15) is 10.5 Å². The van der Waals surface area contributed by atoms with Crippen LogP contribution in [0.15, 0.2) is 0 Å². The van der Waals surface area contributed by atoms with Gasteiger partial charge in [0.2, 0.25) is 0 Å². The van der Waals surface area contributed by atoms with Crippen molar-refractivity contribution >= 4 is 5.97 Å². The van der Waals surface area contributed by atoms with Gasteiger partial charge >= 0.3 is 5.97 Å². The lowest BCUT2D eigenvalue weighted by Gasteiger charge is -2.24. The van der Waals surface area contributed by atoms with Gasteiger partial charge in [-0.3, -0.25) is 4.79 Å². The second-order valence-corrected chi connectivity index (χ2v) is 3.95. The summed E-state index contributed by atoms with van der Waals surface area (Å²) in [5.41, 5.74) is -0.947. The largest absolute Gasteiger partial charge is 0.465 e. The zero-order valence-corrected chi connectivity index (χ0v) is 10.1. The number of nitrogens with zero attached hydrogens (tertiary/aromatic N) is 2. The lowest BCUT2D eigenvalue weighted by atomic mass is 9.75. The Kier molecular flexibility index (Phi) is 6.18. The lowest BCUT2D eigenvalue weighted by Crippen LogP contribution is -2.32. The summed E-state index contributed by atoms with van der Waals surface area (Å²) < 4.78 is 4.81. The van der Waals surface area contributed by atoms with Crippen LogP contribution in [0.2, 0.25) is 0 Å². The fraction of sp³-hybridized carbons (Fsp3) is 0.750. The predicted octanol–water partition coefficient (Wildman–Crippen LogP) is 2.41. The molecule has 0 aliphatic carbocycles. The molecule has 0 N–H and O–H groups in total. The molecule has 0 aliphatic rings. The molecule has 4 heteroatoms. The Balaban J connectivity index is 4.83. The minimum atomic E-state index is -0.996. The first-order chi connectivity index (χ1) is 7.55. The molecule has 0 aromatic rings. The highest BCUT2D eigenvalue weighted by molar-refractivity contribution is 5.76. The Hall–Kier alpha value is -1.55. The number of unbranched alkanes of at least 4 members (excludes halogenated alkanes) is 1. The second-order valence-electron chi connectivity index (χ2n) is 3.95. The van der Waals surface area contributed by atoms with Crippen molar-refractivity contribution < 1.29 is 9.53 Å². The third-order valence-electron chi connectivity index (χ3n) is 2.59. The zero-order chi connectivity index (χ0) is 12.6. The minimum Gasteiger partial charge on any atom is -0.465 e. The molecule has 0 fully saturated rings. The van der Waals surface area contributed by atoms with Gasteiger partial charge in [-0.25, -0.2) is 0 Å². The molecule has 0 aromatic heterocycles. The van der Waals surface area contributed by atoms with E-state index in [0.717, 1.165) is 12.8 Å². The van der Waals surface area contributed by atoms with Crippen LogP contribution >= 0.6 is 0 Å². The van der Waals surface area contributed by atoms with Crippen LogP contribution in [0.3, 0.4) is 0 Å². The molecule has 0 spiro atoms. The molecule has 0 rings (SSSR count). The molecule has 0 aromatic carbocycles. The van der Waals surface area contributed by atoms with Gasteiger partial charge in [-0.1, -0.05) is 19.8 Å². The standard InChI is InChI=1S/C12H18N2O2/c1-4-6-7-12(3,9-14)10(8-13)11(15)16-5-2/h10H,4-7H2,1-3H3. The van der Waals surface area contributed by atoms with Crippen LogP contribution in [0.1, 0.15) is 40.0 Å². The monoisotopic (exact) mass is 222 g/mol. The molecule has 2 atom stereocenters. The number of carbonyl (C=O) groups excluding carboxylic acids is 1. The first-order valence-electron chi connectivity index (χ1n) is 5.53. The van der Waals surface area contributed by atoms with Crippen LogP contribution in [0.4, 0.5) is 0 Å². The zero-order valence-electron chi connectivity index (χ0n) is 10.1. The summed E-state index contributed by atoms with van der Waals surface area (Å²) in [4.78, 5) is 11.5. The van der Waals surface area contributed by atoms with E-state index in [9.17, 15) is 4.79 Å². The normalized spacial score (nSPS) is 15.3. The average molecular weight is 222 g/mol. The molecule has 0 amide bonds. The van der Waals surface area contributed by atoms with Gasteiger partial charge in [-0.05, 0) is 20.3 Å². The Labute approximate surface area is 96.8 Å². The molecule has 0 saturated carbocycles. The van der Waals surface area contributed by atoms with E-state index in [4.69, 9.17) is 15.3 Å². The van der Waals surface area contributed by atoms with E-state index in [2.05, 4.69) is 6.07 Å². The van der Waals surface area contributed by atoms with Crippen LogP contribution in [-0.2, 0) is 9.53 Å². The van der Waals surface area contributed by atoms with Gasteiger partial charge in [0.1, 0.15) is 0 Å². The minimum absolute atomic E-state index is 0.228. The summed E-state index contributed by atoms with van der Waals surface area (Å²) in [6.45, 7) is 5.56. The van der Waals surface area contributed by atoms with E-state index in [-0.39, 0.29) is 6.61 Å². The number of esters is 1. The topological polar surface area (TPSA) is 73.9 Å². The van der Waals surface area contributed by atoms with E-state index in [1.165, 1.54) is 0 Å². The highest BCUT2D eigenvalue weighted by Gasteiger charge is 2.40. The van der Waals surface area contributed by atoms with Gasteiger partial charge in [0.15, 0.2) is 5.92 Å². The van der Waals surface area contributed by atoms with Crippen molar-refractivity contribution in [2.24, 2.45) is 11.3 Å². The van der Waals surface area contributed by atoms with Crippen LogP contribution in [0, 0.1) is 34.0 Å². The van der Waals surface area contributed by atoms with Crippen molar-refractivity contribution in [2.75, 3.05) is 6.61 Å². The van der Waals surface area contributed by atoms with E-state index < -0.39 is 17.3 Å². The summed E-state index contributed by atoms with van der Waals surface area (Å²) in [6, 6.07) is 3.97. The molecule has 0 heterocycles. The SMILES string of the molecule is CCCCC(C)(C#N)C(C#N)C(=O)OCC. The van der Waals surface area contributed by atoms with E-state index >= 15 is 0 Å². The quantitative estimate of drug-likeness (QED) is 0.647. The Morgan fingerprint density at radius 3 is 2.44 bits per heavy atom. The third-order valence-corrected chi connectivity index (χ3v) is 2.59. The molecule has 4 nitrogen and oxygen atoms in total. The van der Waals surface area contributed by atoms with Crippen LogP contribution in [0.5, 0.6) is 0 Å². The van der Waals surface area contributed by atoms with Gasteiger partial charge in [0.05, 0.1) is 24.2 Å². The fourth-order valence-electron chi connectivity index (χ4n) is 1.49. The number of nitriles is 2. The molecule has 0 radical (unpaired) electrons. The van der Waals surface area contributed by atoms with Crippen molar-refractivity contribution in [2.45, 2.75) is 40.0 Å². The summed E-state index contributed by atoms with van der Waals surface area (Å²) in [7, 11) is 0. The number of ether oxygens (including phenoxy) is 1. The Morgan fingerprint density at radius 1 is 1.44 bits per heavy atom. The molecule has 88 valence electrons. The van der Waals surface area contributed by atoms with Gasteiger partial charge < -0.3 is 4.74 Å². The van der Waals surface area contributed by atoms with E-state index in [1.54, 1.807) is 13.8 Å². The molecular weight excluding hydrogens is 204 g/mol. The molecule has 0 aliphatic heterocycles. The van der Waals surface area contributed by atoms with Gasteiger partial charge in [0.25, 0.3) is 0 Å². The first kappa shape index (κ1) is 14.5. The number of hydrogen-bond acceptors (Lipinski definition) is 4. The third kappa shape index (κ3) is 3.55. The number of carbonyl (C=O) groups is 1.